The Bertz CT molecular complexity index is 566. The number of halogens is 1. The van der Waals surface area contributed by atoms with Crippen molar-refractivity contribution in [2.75, 3.05) is 38.2 Å². The third-order valence-corrected chi connectivity index (χ3v) is 5.30. The number of morpholine rings is 1. The molecule has 2 aliphatic rings. The summed E-state index contributed by atoms with van der Waals surface area (Å²) in [6, 6.07) is 8.21. The fraction of sp³-hybridized carbons (Fsp3) is 0.632. The van der Waals surface area contributed by atoms with E-state index in [0.717, 1.165) is 38.5 Å². The quantitative estimate of drug-likeness (QED) is 0.413. The Morgan fingerprint density at radius 3 is 2.64 bits per heavy atom. The first-order chi connectivity index (χ1) is 11.7. The van der Waals surface area contributed by atoms with E-state index < -0.39 is 0 Å². The minimum absolute atomic E-state index is 0. The standard InChI is InChI=1S/C19H30N4O.HI/c1-16-6-5-7-17(14-16)22-18(20)21-15-19(8-3-2-4-9-19)23-10-12-24-13-11-23;/h5-7,14H,2-4,8-13,15H2,1H3,(H3,20,21,22);1H. The summed E-state index contributed by atoms with van der Waals surface area (Å²) in [7, 11) is 0. The van der Waals surface area contributed by atoms with Crippen molar-refractivity contribution >= 4 is 35.6 Å². The summed E-state index contributed by atoms with van der Waals surface area (Å²) < 4.78 is 5.54. The maximum Gasteiger partial charge on any atom is 0.193 e. The lowest BCUT2D eigenvalue weighted by Crippen LogP contribution is -2.56. The van der Waals surface area contributed by atoms with Gasteiger partial charge >= 0.3 is 0 Å². The van der Waals surface area contributed by atoms with Crippen LogP contribution in [-0.4, -0.2) is 49.2 Å². The summed E-state index contributed by atoms with van der Waals surface area (Å²) >= 11 is 0. The van der Waals surface area contributed by atoms with Gasteiger partial charge in [0.25, 0.3) is 0 Å². The van der Waals surface area contributed by atoms with Crippen molar-refractivity contribution in [1.82, 2.24) is 4.90 Å². The predicted molar refractivity (Wildman–Crippen MR) is 115 cm³/mol. The minimum atomic E-state index is 0. The molecule has 3 rings (SSSR count). The molecule has 1 heterocycles. The molecule has 25 heavy (non-hydrogen) atoms. The molecule has 1 aromatic rings. The van der Waals surface area contributed by atoms with E-state index in [2.05, 4.69) is 29.3 Å². The lowest BCUT2D eigenvalue weighted by atomic mass is 9.80. The molecule has 0 spiro atoms. The number of rotatable bonds is 4. The summed E-state index contributed by atoms with van der Waals surface area (Å²) in [5, 5.41) is 3.23. The topological polar surface area (TPSA) is 62.9 Å². The Morgan fingerprint density at radius 2 is 1.96 bits per heavy atom. The van der Waals surface area contributed by atoms with Crippen LogP contribution in [0, 0.1) is 6.92 Å². The second-order valence-electron chi connectivity index (χ2n) is 7.08. The number of hydrogen-bond donors (Lipinski definition) is 2. The molecule has 0 aromatic heterocycles. The number of aryl methyl sites for hydroxylation is 1. The van der Waals surface area contributed by atoms with Gasteiger partial charge in [-0.3, -0.25) is 9.89 Å². The van der Waals surface area contributed by atoms with Gasteiger partial charge < -0.3 is 15.8 Å². The Kier molecular flexibility index (Phi) is 7.96. The van der Waals surface area contributed by atoms with Crippen molar-refractivity contribution in [2.45, 2.75) is 44.6 Å². The molecule has 5 nitrogen and oxygen atoms in total. The smallest absolute Gasteiger partial charge is 0.193 e. The molecular formula is C19H31IN4O. The van der Waals surface area contributed by atoms with Crippen molar-refractivity contribution in [3.8, 4) is 0 Å². The summed E-state index contributed by atoms with van der Waals surface area (Å²) in [6.07, 6.45) is 6.35. The van der Waals surface area contributed by atoms with Gasteiger partial charge in [0.1, 0.15) is 0 Å². The molecule has 6 heteroatoms. The Morgan fingerprint density at radius 1 is 1.24 bits per heavy atom. The summed E-state index contributed by atoms with van der Waals surface area (Å²) in [4.78, 5) is 7.32. The van der Waals surface area contributed by atoms with E-state index in [1.54, 1.807) is 0 Å². The number of anilines is 1. The highest BCUT2D eigenvalue weighted by Crippen LogP contribution is 2.34. The van der Waals surface area contributed by atoms with E-state index in [9.17, 15) is 0 Å². The van der Waals surface area contributed by atoms with Gasteiger partial charge in [-0.25, -0.2) is 0 Å². The Balaban J connectivity index is 0.00000225. The largest absolute Gasteiger partial charge is 0.379 e. The zero-order valence-electron chi connectivity index (χ0n) is 15.2. The number of nitrogens with two attached hydrogens (primary N) is 1. The van der Waals surface area contributed by atoms with Gasteiger partial charge in [-0.1, -0.05) is 31.4 Å². The third kappa shape index (κ3) is 5.56. The van der Waals surface area contributed by atoms with Crippen LogP contribution in [0.2, 0.25) is 0 Å². The van der Waals surface area contributed by atoms with Crippen molar-refractivity contribution in [1.29, 1.82) is 0 Å². The van der Waals surface area contributed by atoms with Crippen LogP contribution in [-0.2, 0) is 4.74 Å². The predicted octanol–water partition coefficient (Wildman–Crippen LogP) is 3.37. The second-order valence-corrected chi connectivity index (χ2v) is 7.08. The number of aliphatic imine (C=N–C) groups is 1. The molecule has 140 valence electrons. The average molecular weight is 458 g/mol. The van der Waals surface area contributed by atoms with E-state index in [1.807, 2.05) is 12.1 Å². The Hall–Kier alpha value is -0.860. The van der Waals surface area contributed by atoms with Gasteiger partial charge in [-0.15, -0.1) is 24.0 Å². The van der Waals surface area contributed by atoms with Crippen LogP contribution in [0.4, 0.5) is 5.69 Å². The fourth-order valence-electron chi connectivity index (χ4n) is 3.96. The number of guanidine groups is 1. The maximum absolute atomic E-state index is 6.16. The van der Waals surface area contributed by atoms with E-state index in [-0.39, 0.29) is 29.5 Å². The van der Waals surface area contributed by atoms with Crippen molar-refractivity contribution in [3.05, 3.63) is 29.8 Å². The van der Waals surface area contributed by atoms with Crippen molar-refractivity contribution < 1.29 is 4.74 Å². The van der Waals surface area contributed by atoms with E-state index in [4.69, 9.17) is 15.5 Å². The maximum atomic E-state index is 6.16. The highest BCUT2D eigenvalue weighted by molar-refractivity contribution is 14.0. The van der Waals surface area contributed by atoms with Crippen LogP contribution in [0.1, 0.15) is 37.7 Å². The highest BCUT2D eigenvalue weighted by Gasteiger charge is 2.38. The van der Waals surface area contributed by atoms with Crippen LogP contribution in [0.5, 0.6) is 0 Å². The number of ether oxygens (including phenoxy) is 1. The molecule has 1 aromatic carbocycles. The molecule has 1 saturated carbocycles. The lowest BCUT2D eigenvalue weighted by molar-refractivity contribution is -0.0333. The van der Waals surface area contributed by atoms with Crippen LogP contribution in [0.3, 0.4) is 0 Å². The fourth-order valence-corrected chi connectivity index (χ4v) is 3.96. The Labute approximate surface area is 168 Å². The van der Waals surface area contributed by atoms with Crippen molar-refractivity contribution in [2.24, 2.45) is 10.7 Å². The SMILES string of the molecule is Cc1cccc(NC(N)=NCC2(N3CCOCC3)CCCCC2)c1.I. The van der Waals surface area contributed by atoms with Gasteiger partial charge in [0.2, 0.25) is 0 Å². The first kappa shape index (κ1) is 20.5. The summed E-state index contributed by atoms with van der Waals surface area (Å²) in [5.41, 5.74) is 8.54. The molecular weight excluding hydrogens is 427 g/mol. The highest BCUT2D eigenvalue weighted by atomic mass is 127. The minimum Gasteiger partial charge on any atom is -0.379 e. The number of hydrogen-bond acceptors (Lipinski definition) is 3. The van der Waals surface area contributed by atoms with Crippen LogP contribution < -0.4 is 11.1 Å². The average Bonchev–Trinajstić information content (AvgIpc) is 2.62. The molecule has 0 bridgehead atoms. The number of nitrogens with zero attached hydrogens (tertiary/aromatic N) is 2. The van der Waals surface area contributed by atoms with E-state index >= 15 is 0 Å². The first-order valence-corrected chi connectivity index (χ1v) is 9.14. The number of nitrogens with one attached hydrogen (secondary N) is 1. The van der Waals surface area contributed by atoms with Gasteiger partial charge in [-0.2, -0.15) is 0 Å². The van der Waals surface area contributed by atoms with Crippen molar-refractivity contribution in [3.63, 3.8) is 0 Å². The molecule has 2 fully saturated rings. The summed E-state index contributed by atoms with van der Waals surface area (Å²) in [6.45, 7) is 6.55. The molecule has 3 N–H and O–H groups in total. The van der Waals surface area contributed by atoms with Crippen LogP contribution in [0.25, 0.3) is 0 Å². The van der Waals surface area contributed by atoms with Gasteiger partial charge in [0.05, 0.1) is 19.8 Å². The van der Waals surface area contributed by atoms with Gasteiger partial charge in [0, 0.05) is 24.3 Å². The van der Waals surface area contributed by atoms with E-state index in [1.165, 1.54) is 37.7 Å². The first-order valence-electron chi connectivity index (χ1n) is 9.14. The molecule has 0 unspecified atom stereocenters. The molecule has 0 atom stereocenters. The third-order valence-electron chi connectivity index (χ3n) is 5.30. The second kappa shape index (κ2) is 9.73. The molecule has 1 aliphatic heterocycles. The molecule has 1 saturated heterocycles. The zero-order valence-corrected chi connectivity index (χ0v) is 17.5. The lowest BCUT2D eigenvalue weighted by Gasteiger charge is -2.47. The normalized spacial score (nSPS) is 21.4. The monoisotopic (exact) mass is 458 g/mol. The van der Waals surface area contributed by atoms with Gasteiger partial charge in [0.15, 0.2) is 5.96 Å². The summed E-state index contributed by atoms with van der Waals surface area (Å²) in [5.74, 6) is 0.513. The molecule has 1 aliphatic carbocycles. The molecule has 0 radical (unpaired) electrons. The van der Waals surface area contributed by atoms with Crippen LogP contribution in [0.15, 0.2) is 29.3 Å². The van der Waals surface area contributed by atoms with E-state index in [0.29, 0.717) is 5.96 Å². The number of benzene rings is 1. The van der Waals surface area contributed by atoms with Crippen LogP contribution >= 0.6 is 24.0 Å². The zero-order chi connectivity index (χ0) is 16.8. The van der Waals surface area contributed by atoms with Gasteiger partial charge in [-0.05, 0) is 37.5 Å². The molecule has 0 amide bonds.